The predicted molar refractivity (Wildman–Crippen MR) is 89.6 cm³/mol. The van der Waals surface area contributed by atoms with Gasteiger partial charge in [-0.05, 0) is 35.1 Å². The number of primary amides is 1. The third-order valence-electron chi connectivity index (χ3n) is 3.02. The van der Waals surface area contributed by atoms with Gasteiger partial charge in [-0.3, -0.25) is 9.00 Å². The van der Waals surface area contributed by atoms with Gasteiger partial charge >= 0.3 is 0 Å². The van der Waals surface area contributed by atoms with Crippen molar-refractivity contribution in [1.82, 2.24) is 0 Å². The fraction of sp³-hybridized carbons (Fsp3) is 0.188. The van der Waals surface area contributed by atoms with Crippen molar-refractivity contribution >= 4 is 28.5 Å². The molecule has 21 heavy (non-hydrogen) atoms. The average Bonchev–Trinajstić information content (AvgIpc) is 2.47. The topological polar surface area (TPSA) is 60.2 Å². The minimum Gasteiger partial charge on any atom is -0.369 e. The van der Waals surface area contributed by atoms with Gasteiger partial charge in [-0.25, -0.2) is 0 Å². The number of hydrogen-bond acceptors (Lipinski definition) is 3. The second-order valence-electron chi connectivity index (χ2n) is 4.58. The molecule has 0 aromatic heterocycles. The van der Waals surface area contributed by atoms with Crippen LogP contribution in [0.15, 0.2) is 53.4 Å². The number of hydrogen-bond donors (Lipinski definition) is 1. The van der Waals surface area contributed by atoms with Crippen LogP contribution in [0.25, 0.3) is 11.1 Å². The molecule has 0 aliphatic rings. The summed E-state index contributed by atoms with van der Waals surface area (Å²) < 4.78 is 11.9. The van der Waals surface area contributed by atoms with Crippen molar-refractivity contribution in [1.29, 1.82) is 0 Å². The lowest BCUT2D eigenvalue weighted by molar-refractivity contribution is -0.115. The van der Waals surface area contributed by atoms with Gasteiger partial charge in [0, 0.05) is 21.4 Å². The molecule has 0 radical (unpaired) electrons. The number of carbonyl (C=O) groups excluding carboxylic acids is 1. The molecule has 0 heterocycles. The smallest absolute Gasteiger partial charge is 0.230 e. The van der Waals surface area contributed by atoms with Gasteiger partial charge in [0.05, 0.1) is 0 Å². The van der Waals surface area contributed by atoms with Gasteiger partial charge in [-0.2, -0.15) is 0 Å². The molecule has 2 N–H and O–H groups in total. The molecule has 2 rings (SSSR count). The standard InChI is InChI=1S/C16H17NO2S2/c1-20-14-7-4-6-12(9-14)15-8-3-2-5-13(15)10-21(19)11-16(17)18/h2-9H,10-11H2,1H3,(H2,17,18)/t21-/m0/s1. The minimum absolute atomic E-state index is 0.0980. The van der Waals surface area contributed by atoms with E-state index in [0.717, 1.165) is 16.7 Å². The van der Waals surface area contributed by atoms with Gasteiger partial charge in [0.1, 0.15) is 5.75 Å². The van der Waals surface area contributed by atoms with Crippen molar-refractivity contribution < 1.29 is 9.00 Å². The molecule has 0 spiro atoms. The zero-order valence-electron chi connectivity index (χ0n) is 11.7. The average molecular weight is 319 g/mol. The molecule has 0 fully saturated rings. The van der Waals surface area contributed by atoms with Crippen LogP contribution in [0, 0.1) is 0 Å². The Morgan fingerprint density at radius 3 is 2.67 bits per heavy atom. The summed E-state index contributed by atoms with van der Waals surface area (Å²) in [4.78, 5) is 12.0. The predicted octanol–water partition coefficient (Wildman–Crippen LogP) is 2.81. The highest BCUT2D eigenvalue weighted by Crippen LogP contribution is 2.28. The Balaban J connectivity index is 2.32. The van der Waals surface area contributed by atoms with Crippen LogP contribution in [0.5, 0.6) is 0 Å². The SMILES string of the molecule is CSc1cccc(-c2ccccc2C[S@](=O)CC(N)=O)c1. The summed E-state index contributed by atoms with van der Waals surface area (Å²) in [6, 6.07) is 16.0. The van der Waals surface area contributed by atoms with Crippen molar-refractivity contribution in [3.8, 4) is 11.1 Å². The molecule has 0 saturated heterocycles. The van der Waals surface area contributed by atoms with Gasteiger partial charge < -0.3 is 5.73 Å². The normalized spacial score (nSPS) is 12.0. The summed E-state index contributed by atoms with van der Waals surface area (Å²) in [7, 11) is -1.27. The third-order valence-corrected chi connectivity index (χ3v) is 4.98. The van der Waals surface area contributed by atoms with E-state index in [1.54, 1.807) is 11.8 Å². The van der Waals surface area contributed by atoms with Crippen LogP contribution in [-0.2, 0) is 21.3 Å². The van der Waals surface area contributed by atoms with Gasteiger partial charge in [0.15, 0.2) is 0 Å². The van der Waals surface area contributed by atoms with E-state index < -0.39 is 16.7 Å². The molecule has 2 aromatic rings. The number of carbonyl (C=O) groups is 1. The maximum Gasteiger partial charge on any atom is 0.230 e. The number of benzene rings is 2. The van der Waals surface area contributed by atoms with Gasteiger partial charge in [0.25, 0.3) is 0 Å². The van der Waals surface area contributed by atoms with Crippen molar-refractivity contribution in [3.05, 3.63) is 54.1 Å². The van der Waals surface area contributed by atoms with E-state index in [1.807, 2.05) is 42.7 Å². The van der Waals surface area contributed by atoms with Crippen LogP contribution in [0.1, 0.15) is 5.56 Å². The zero-order valence-corrected chi connectivity index (χ0v) is 13.4. The molecule has 0 aliphatic heterocycles. The van der Waals surface area contributed by atoms with E-state index in [0.29, 0.717) is 5.75 Å². The summed E-state index contributed by atoms with van der Waals surface area (Å²) in [6.45, 7) is 0. The fourth-order valence-electron chi connectivity index (χ4n) is 2.10. The Morgan fingerprint density at radius 1 is 1.19 bits per heavy atom. The van der Waals surface area contributed by atoms with Crippen molar-refractivity contribution in [2.75, 3.05) is 12.0 Å². The number of rotatable bonds is 6. The molecular formula is C16H17NO2S2. The van der Waals surface area contributed by atoms with Gasteiger partial charge in [0.2, 0.25) is 5.91 Å². The van der Waals surface area contributed by atoms with E-state index in [1.165, 1.54) is 4.90 Å². The third kappa shape index (κ3) is 4.44. The van der Waals surface area contributed by atoms with Crippen LogP contribution >= 0.6 is 11.8 Å². The minimum atomic E-state index is -1.27. The maximum atomic E-state index is 11.9. The van der Waals surface area contributed by atoms with Crippen molar-refractivity contribution in [2.24, 2.45) is 5.73 Å². The maximum absolute atomic E-state index is 11.9. The second-order valence-corrected chi connectivity index (χ2v) is 6.92. The highest BCUT2D eigenvalue weighted by atomic mass is 32.2. The number of nitrogens with two attached hydrogens (primary N) is 1. The van der Waals surface area contributed by atoms with Crippen LogP contribution in [0.4, 0.5) is 0 Å². The first-order valence-corrected chi connectivity index (χ1v) is 9.17. The van der Waals surface area contributed by atoms with E-state index in [4.69, 9.17) is 5.73 Å². The van der Waals surface area contributed by atoms with Crippen LogP contribution < -0.4 is 5.73 Å². The van der Waals surface area contributed by atoms with E-state index in [9.17, 15) is 9.00 Å². The molecule has 110 valence electrons. The molecule has 1 atom stereocenters. The number of amides is 1. The van der Waals surface area contributed by atoms with Crippen molar-refractivity contribution in [2.45, 2.75) is 10.6 Å². The highest BCUT2D eigenvalue weighted by Gasteiger charge is 2.10. The molecule has 5 heteroatoms. The summed E-state index contributed by atoms with van der Waals surface area (Å²) in [5, 5.41) is 0. The van der Waals surface area contributed by atoms with Crippen molar-refractivity contribution in [3.63, 3.8) is 0 Å². The van der Waals surface area contributed by atoms with Gasteiger partial charge in [-0.1, -0.05) is 36.4 Å². The molecule has 0 unspecified atom stereocenters. The fourth-order valence-corrected chi connectivity index (χ4v) is 3.58. The molecule has 2 aromatic carbocycles. The molecule has 0 bridgehead atoms. The Bertz CT molecular complexity index is 671. The summed E-state index contributed by atoms with van der Waals surface area (Å²) in [6.07, 6.45) is 2.03. The lowest BCUT2D eigenvalue weighted by Crippen LogP contribution is -2.20. The van der Waals surface area contributed by atoms with E-state index in [-0.39, 0.29) is 5.75 Å². The first-order valence-electron chi connectivity index (χ1n) is 6.46. The summed E-state index contributed by atoms with van der Waals surface area (Å²) in [5.41, 5.74) is 8.21. The Hall–Kier alpha value is -1.59. The largest absolute Gasteiger partial charge is 0.369 e. The monoisotopic (exact) mass is 319 g/mol. The van der Waals surface area contributed by atoms with Crippen LogP contribution in [-0.4, -0.2) is 22.1 Å². The van der Waals surface area contributed by atoms with Crippen LogP contribution in [0.3, 0.4) is 0 Å². The lowest BCUT2D eigenvalue weighted by atomic mass is 10.0. The van der Waals surface area contributed by atoms with Gasteiger partial charge in [-0.15, -0.1) is 11.8 Å². The second kappa shape index (κ2) is 7.43. The lowest BCUT2D eigenvalue weighted by Gasteiger charge is -2.10. The highest BCUT2D eigenvalue weighted by molar-refractivity contribution is 7.98. The molecular weight excluding hydrogens is 302 g/mol. The molecule has 3 nitrogen and oxygen atoms in total. The first-order chi connectivity index (χ1) is 10.1. The summed E-state index contributed by atoms with van der Waals surface area (Å²) in [5.74, 6) is -0.294. The van der Waals surface area contributed by atoms with Crippen LogP contribution in [0.2, 0.25) is 0 Å². The van der Waals surface area contributed by atoms with E-state index in [2.05, 4.69) is 12.1 Å². The Morgan fingerprint density at radius 2 is 1.95 bits per heavy atom. The Kier molecular flexibility index (Phi) is 5.59. The summed E-state index contributed by atoms with van der Waals surface area (Å²) >= 11 is 1.68. The van der Waals surface area contributed by atoms with E-state index >= 15 is 0 Å². The quantitative estimate of drug-likeness (QED) is 0.833. The molecule has 0 saturated carbocycles. The number of thioether (sulfide) groups is 1. The molecule has 0 aliphatic carbocycles. The zero-order chi connectivity index (χ0) is 15.2. The first kappa shape index (κ1) is 15.8. The molecule has 1 amide bonds. The Labute approximate surface area is 131 Å².